The molecule has 0 aliphatic carbocycles. The second-order valence-electron chi connectivity index (χ2n) is 9.39. The van der Waals surface area contributed by atoms with Gasteiger partial charge >= 0.3 is 23.9 Å². The highest BCUT2D eigenvalue weighted by Gasteiger charge is 2.60. The van der Waals surface area contributed by atoms with Gasteiger partial charge in [0.2, 0.25) is 11.9 Å². The first-order valence-electron chi connectivity index (χ1n) is 12.9. The molecule has 1 aliphatic heterocycles. The molecule has 3 rings (SSSR count). The van der Waals surface area contributed by atoms with E-state index in [1.54, 1.807) is 6.07 Å². The number of aliphatic hydroxyl groups is 1. The van der Waals surface area contributed by atoms with Gasteiger partial charge in [0.25, 0.3) is 0 Å². The summed E-state index contributed by atoms with van der Waals surface area (Å²) < 4.78 is 32.9. The Hall–Kier alpha value is -3.67. The predicted molar refractivity (Wildman–Crippen MR) is 144 cm³/mol. The van der Waals surface area contributed by atoms with Gasteiger partial charge in [-0.3, -0.25) is 19.2 Å². The van der Waals surface area contributed by atoms with Crippen LogP contribution in [0.1, 0.15) is 51.3 Å². The maximum atomic E-state index is 12.2. The van der Waals surface area contributed by atoms with Gasteiger partial charge in [-0.05, 0) is 48.7 Å². The van der Waals surface area contributed by atoms with Crippen molar-refractivity contribution in [3.8, 4) is 5.75 Å². The van der Waals surface area contributed by atoms with Crippen molar-refractivity contribution in [3.05, 3.63) is 64.2 Å². The van der Waals surface area contributed by atoms with Crippen molar-refractivity contribution in [1.29, 1.82) is 0 Å². The lowest BCUT2D eigenvalue weighted by atomic mass is 9.86. The molecule has 1 unspecified atom stereocenters. The molecule has 1 N–H and O–H groups in total. The molecule has 12 heteroatoms. The Morgan fingerprint density at radius 2 is 1.49 bits per heavy atom. The quantitative estimate of drug-likeness (QED) is 0.321. The Bertz CT molecular complexity index is 1260. The van der Waals surface area contributed by atoms with Crippen LogP contribution < -0.4 is 4.74 Å². The maximum Gasteiger partial charge on any atom is 0.303 e. The summed E-state index contributed by atoms with van der Waals surface area (Å²) in [4.78, 5) is 47.9. The van der Waals surface area contributed by atoms with E-state index in [2.05, 4.69) is 0 Å². The first-order valence-corrected chi connectivity index (χ1v) is 13.3. The number of hydrogen-bond donors (Lipinski definition) is 1. The fraction of sp³-hybridized carbons (Fsp3) is 0.448. The van der Waals surface area contributed by atoms with Gasteiger partial charge in [0.15, 0.2) is 12.2 Å². The monoisotopic (exact) mass is 592 g/mol. The lowest BCUT2D eigenvalue weighted by Crippen LogP contribution is -2.66. The summed E-state index contributed by atoms with van der Waals surface area (Å²) in [6.45, 7) is 6.40. The average Bonchev–Trinajstić information content (AvgIpc) is 2.88. The van der Waals surface area contributed by atoms with Gasteiger partial charge in [-0.2, -0.15) is 0 Å². The van der Waals surface area contributed by atoms with Gasteiger partial charge < -0.3 is 33.5 Å². The third-order valence-corrected chi connectivity index (χ3v) is 6.51. The second-order valence-corrected chi connectivity index (χ2v) is 9.80. The zero-order chi connectivity index (χ0) is 30.3. The van der Waals surface area contributed by atoms with Crippen LogP contribution in [-0.4, -0.2) is 66.6 Å². The van der Waals surface area contributed by atoms with E-state index >= 15 is 0 Å². The molecular weight excluding hydrogens is 560 g/mol. The number of ether oxygens (including phenoxy) is 6. The number of halogens is 1. The Kier molecular flexibility index (Phi) is 10.7. The molecule has 1 aliphatic rings. The van der Waals surface area contributed by atoms with Crippen LogP contribution >= 0.6 is 11.6 Å². The van der Waals surface area contributed by atoms with Crippen molar-refractivity contribution < 1.29 is 52.7 Å². The summed E-state index contributed by atoms with van der Waals surface area (Å²) in [5.41, 5.74) is 1.58. The molecule has 5 atom stereocenters. The zero-order valence-electron chi connectivity index (χ0n) is 23.4. The molecule has 0 aromatic heterocycles. The molecule has 0 saturated carbocycles. The minimum absolute atomic E-state index is 0.0975. The van der Waals surface area contributed by atoms with Crippen LogP contribution in [0, 0.1) is 0 Å². The van der Waals surface area contributed by atoms with Crippen LogP contribution in [-0.2, 0) is 55.1 Å². The van der Waals surface area contributed by atoms with Crippen molar-refractivity contribution >= 4 is 35.5 Å². The van der Waals surface area contributed by atoms with Gasteiger partial charge in [-0.15, -0.1) is 0 Å². The third-order valence-electron chi connectivity index (χ3n) is 6.14. The second kappa shape index (κ2) is 13.8. The average molecular weight is 593 g/mol. The van der Waals surface area contributed by atoms with E-state index in [1.165, 1.54) is 12.1 Å². The predicted octanol–water partition coefficient (Wildman–Crippen LogP) is 3.23. The molecule has 41 heavy (non-hydrogen) atoms. The molecule has 11 nitrogen and oxygen atoms in total. The summed E-state index contributed by atoms with van der Waals surface area (Å²) in [7, 11) is 0. The molecule has 1 saturated heterocycles. The summed E-state index contributed by atoms with van der Waals surface area (Å²) in [5.74, 6) is -4.84. The number of carbonyl (C=O) groups is 4. The van der Waals surface area contributed by atoms with Crippen LogP contribution in [0.5, 0.6) is 5.75 Å². The minimum Gasteiger partial charge on any atom is -0.494 e. The molecule has 0 spiro atoms. The highest BCUT2D eigenvalue weighted by molar-refractivity contribution is 6.31. The molecular formula is C29H33ClO11. The molecule has 1 fully saturated rings. The van der Waals surface area contributed by atoms with Gasteiger partial charge in [0.1, 0.15) is 18.5 Å². The summed E-state index contributed by atoms with van der Waals surface area (Å²) in [6, 6.07) is 11.9. The van der Waals surface area contributed by atoms with E-state index in [4.69, 9.17) is 40.0 Å². The lowest BCUT2D eigenvalue weighted by molar-refractivity contribution is -0.360. The fourth-order valence-corrected chi connectivity index (χ4v) is 4.72. The highest BCUT2D eigenvalue weighted by atomic mass is 35.5. The number of rotatable bonds is 10. The molecule has 0 bridgehead atoms. The number of carbonyl (C=O) groups excluding carboxylic acids is 4. The first-order chi connectivity index (χ1) is 19.3. The smallest absolute Gasteiger partial charge is 0.303 e. The first kappa shape index (κ1) is 31.9. The minimum atomic E-state index is -2.45. The van der Waals surface area contributed by atoms with Gasteiger partial charge in [0, 0.05) is 38.3 Å². The standard InChI is InChI=1S/C29H33ClO11/c1-6-36-23-10-7-20(8-11-23)13-21-14-22(9-12-24(21)30)29(35)28(40-19(5)34)27(39-18(4)33)26(38-17(3)32)25(41-29)15-37-16(2)31/h7-12,14,25-28,35H,6,13,15H2,1-5H3/t25-,26-,27+,28-,29?/m1/s1. The molecule has 2 aromatic carbocycles. The van der Waals surface area contributed by atoms with Crippen molar-refractivity contribution in [2.75, 3.05) is 13.2 Å². The topological polar surface area (TPSA) is 144 Å². The van der Waals surface area contributed by atoms with E-state index in [1.807, 2.05) is 31.2 Å². The van der Waals surface area contributed by atoms with E-state index < -0.39 is 60.7 Å². The van der Waals surface area contributed by atoms with E-state index in [9.17, 15) is 24.3 Å². The molecule has 2 aromatic rings. The van der Waals surface area contributed by atoms with Crippen molar-refractivity contribution in [1.82, 2.24) is 0 Å². The highest BCUT2D eigenvalue weighted by Crippen LogP contribution is 2.42. The van der Waals surface area contributed by atoms with E-state index in [0.717, 1.165) is 33.3 Å². The Balaban J connectivity index is 2.10. The molecule has 222 valence electrons. The van der Waals surface area contributed by atoms with Crippen molar-refractivity contribution in [2.24, 2.45) is 0 Å². The van der Waals surface area contributed by atoms with Gasteiger partial charge in [-0.25, -0.2) is 0 Å². The summed E-state index contributed by atoms with van der Waals surface area (Å²) >= 11 is 6.51. The summed E-state index contributed by atoms with van der Waals surface area (Å²) in [6.07, 6.45) is -5.61. The van der Waals surface area contributed by atoms with E-state index in [-0.39, 0.29) is 5.56 Å². The van der Waals surface area contributed by atoms with Crippen LogP contribution in [0.2, 0.25) is 5.02 Å². The molecule has 1 heterocycles. The maximum absolute atomic E-state index is 12.2. The number of benzene rings is 2. The molecule has 0 radical (unpaired) electrons. The van der Waals surface area contributed by atoms with Crippen LogP contribution in [0.15, 0.2) is 42.5 Å². The van der Waals surface area contributed by atoms with Crippen LogP contribution in [0.3, 0.4) is 0 Å². The van der Waals surface area contributed by atoms with Crippen molar-refractivity contribution in [3.63, 3.8) is 0 Å². The lowest BCUT2D eigenvalue weighted by Gasteiger charge is -2.48. The van der Waals surface area contributed by atoms with Gasteiger partial charge in [0.05, 0.1) is 6.61 Å². The normalized spacial score (nSPS) is 23.7. The van der Waals surface area contributed by atoms with E-state index in [0.29, 0.717) is 29.4 Å². The number of esters is 4. The van der Waals surface area contributed by atoms with Crippen LogP contribution in [0.4, 0.5) is 0 Å². The molecule has 0 amide bonds. The Labute approximate surface area is 242 Å². The summed E-state index contributed by atoms with van der Waals surface area (Å²) in [5, 5.41) is 12.5. The number of hydrogen-bond acceptors (Lipinski definition) is 11. The van der Waals surface area contributed by atoms with Crippen molar-refractivity contribution in [2.45, 2.75) is 71.2 Å². The van der Waals surface area contributed by atoms with Gasteiger partial charge in [-0.1, -0.05) is 29.8 Å². The van der Waals surface area contributed by atoms with Crippen LogP contribution in [0.25, 0.3) is 0 Å². The largest absolute Gasteiger partial charge is 0.494 e. The fourth-order valence-electron chi connectivity index (χ4n) is 4.54. The Morgan fingerprint density at radius 3 is 2.05 bits per heavy atom. The zero-order valence-corrected chi connectivity index (χ0v) is 24.1. The Morgan fingerprint density at radius 1 is 0.878 bits per heavy atom. The third kappa shape index (κ3) is 8.18. The SMILES string of the molecule is CCOc1ccc(Cc2cc(C3(O)O[C@H](COC(C)=O)[C@@H](OC(C)=O)[C@H](OC(C)=O)[C@H]3OC(C)=O)ccc2Cl)cc1.